The van der Waals surface area contributed by atoms with Crippen LogP contribution in [0.1, 0.15) is 29.5 Å². The number of hydrogen-bond acceptors (Lipinski definition) is 5. The summed E-state index contributed by atoms with van der Waals surface area (Å²) in [5.41, 5.74) is 1.32. The minimum absolute atomic E-state index is 0.158. The fourth-order valence-electron chi connectivity index (χ4n) is 1.71. The first kappa shape index (κ1) is 14.0. The highest BCUT2D eigenvalue weighted by molar-refractivity contribution is 5.99. The van der Waals surface area contributed by atoms with Gasteiger partial charge in [-0.15, -0.1) is 10.2 Å². The lowest BCUT2D eigenvalue weighted by Gasteiger charge is -2.10. The summed E-state index contributed by atoms with van der Waals surface area (Å²) in [6.07, 6.45) is 5.85. The Morgan fingerprint density at radius 3 is 3.00 bits per heavy atom. The van der Waals surface area contributed by atoms with Gasteiger partial charge in [-0.3, -0.25) is 9.78 Å². The Morgan fingerprint density at radius 2 is 2.30 bits per heavy atom. The van der Waals surface area contributed by atoms with E-state index < -0.39 is 0 Å². The Labute approximate surface area is 117 Å². The smallest absolute Gasteiger partial charge is 0.253 e. The lowest BCUT2D eigenvalue weighted by atomic mass is 10.2. The average molecular weight is 274 g/mol. The van der Waals surface area contributed by atoms with Gasteiger partial charge in [-0.1, -0.05) is 6.92 Å². The molecule has 0 saturated carbocycles. The fourth-order valence-corrected chi connectivity index (χ4v) is 1.71. The van der Waals surface area contributed by atoms with Gasteiger partial charge < -0.3 is 15.2 Å². The first-order valence-electron chi connectivity index (χ1n) is 6.51. The topological polar surface area (TPSA) is 84.7 Å². The summed E-state index contributed by atoms with van der Waals surface area (Å²) in [6.45, 7) is 3.21. The van der Waals surface area contributed by atoms with E-state index in [9.17, 15) is 4.79 Å². The Hall–Kier alpha value is -2.44. The first-order valence-corrected chi connectivity index (χ1v) is 6.51. The zero-order chi connectivity index (χ0) is 14.4. The standard InChI is InChI=1S/C13H18N6O/c1-3-5-15-11-7-14-6-4-10(11)13(20)16-8-12-18-17-9-19(12)2/h4,6-7,9,15H,3,5,8H2,1-2H3,(H,16,20). The van der Waals surface area contributed by atoms with Crippen molar-refractivity contribution in [2.24, 2.45) is 7.05 Å². The van der Waals surface area contributed by atoms with Gasteiger partial charge in [0, 0.05) is 19.8 Å². The van der Waals surface area contributed by atoms with Gasteiger partial charge in [0.05, 0.1) is 24.0 Å². The molecule has 0 radical (unpaired) electrons. The Morgan fingerprint density at radius 1 is 1.45 bits per heavy atom. The molecule has 0 aliphatic carbocycles. The summed E-state index contributed by atoms with van der Waals surface area (Å²) in [4.78, 5) is 16.2. The molecule has 0 spiro atoms. The number of rotatable bonds is 6. The maximum Gasteiger partial charge on any atom is 0.253 e. The van der Waals surface area contributed by atoms with Crippen molar-refractivity contribution in [3.05, 3.63) is 36.2 Å². The predicted octanol–water partition coefficient (Wildman–Crippen LogP) is 0.962. The molecule has 1 amide bonds. The third kappa shape index (κ3) is 3.31. The molecular weight excluding hydrogens is 256 g/mol. The summed E-state index contributed by atoms with van der Waals surface area (Å²) in [5, 5.41) is 13.7. The van der Waals surface area contributed by atoms with E-state index in [0.717, 1.165) is 18.7 Å². The van der Waals surface area contributed by atoms with Crippen molar-refractivity contribution in [3.8, 4) is 0 Å². The van der Waals surface area contributed by atoms with Gasteiger partial charge in [0.25, 0.3) is 5.91 Å². The Bertz CT molecular complexity index is 580. The Kier molecular flexibility index (Phi) is 4.65. The highest BCUT2D eigenvalue weighted by atomic mass is 16.1. The largest absolute Gasteiger partial charge is 0.383 e. The zero-order valence-electron chi connectivity index (χ0n) is 11.6. The molecule has 0 unspecified atom stereocenters. The summed E-state index contributed by atoms with van der Waals surface area (Å²) in [5.74, 6) is 0.546. The molecule has 0 aliphatic rings. The number of nitrogens with zero attached hydrogens (tertiary/aromatic N) is 4. The van der Waals surface area contributed by atoms with E-state index in [2.05, 4.69) is 32.7 Å². The van der Waals surface area contributed by atoms with E-state index in [0.29, 0.717) is 17.9 Å². The second kappa shape index (κ2) is 6.65. The van der Waals surface area contributed by atoms with Crippen molar-refractivity contribution in [2.45, 2.75) is 19.9 Å². The molecule has 7 nitrogen and oxygen atoms in total. The van der Waals surface area contributed by atoms with Crippen LogP contribution in [0.2, 0.25) is 0 Å². The van der Waals surface area contributed by atoms with Crippen molar-refractivity contribution < 1.29 is 4.79 Å². The van der Waals surface area contributed by atoms with Crippen LogP contribution in [0.4, 0.5) is 5.69 Å². The van der Waals surface area contributed by atoms with E-state index in [1.807, 2.05) is 7.05 Å². The van der Waals surface area contributed by atoms with Crippen LogP contribution in [0.3, 0.4) is 0 Å². The number of carbonyl (C=O) groups is 1. The molecule has 2 heterocycles. The van der Waals surface area contributed by atoms with Crippen LogP contribution >= 0.6 is 0 Å². The van der Waals surface area contributed by atoms with Crippen LogP contribution in [-0.2, 0) is 13.6 Å². The highest BCUT2D eigenvalue weighted by Gasteiger charge is 2.11. The number of aromatic nitrogens is 4. The minimum atomic E-state index is -0.158. The van der Waals surface area contributed by atoms with Gasteiger partial charge >= 0.3 is 0 Å². The molecule has 2 aromatic heterocycles. The van der Waals surface area contributed by atoms with E-state index >= 15 is 0 Å². The molecule has 2 N–H and O–H groups in total. The lowest BCUT2D eigenvalue weighted by molar-refractivity contribution is 0.0950. The summed E-state index contributed by atoms with van der Waals surface area (Å²) in [7, 11) is 1.84. The van der Waals surface area contributed by atoms with Gasteiger partial charge in [-0.2, -0.15) is 0 Å². The van der Waals surface area contributed by atoms with Crippen molar-refractivity contribution in [3.63, 3.8) is 0 Å². The molecule has 0 aromatic carbocycles. The summed E-state index contributed by atoms with van der Waals surface area (Å²) in [6, 6.07) is 1.70. The third-order valence-electron chi connectivity index (χ3n) is 2.84. The van der Waals surface area contributed by atoms with E-state index in [1.54, 1.807) is 29.4 Å². The number of amides is 1. The molecular formula is C13H18N6O. The molecule has 2 rings (SSSR count). The zero-order valence-corrected chi connectivity index (χ0v) is 11.6. The maximum absolute atomic E-state index is 12.2. The van der Waals surface area contributed by atoms with E-state index in [4.69, 9.17) is 0 Å². The Balaban J connectivity index is 2.03. The van der Waals surface area contributed by atoms with Crippen molar-refractivity contribution in [2.75, 3.05) is 11.9 Å². The van der Waals surface area contributed by atoms with Crippen molar-refractivity contribution in [1.29, 1.82) is 0 Å². The first-order chi connectivity index (χ1) is 9.72. The van der Waals surface area contributed by atoms with Crippen LogP contribution in [-0.4, -0.2) is 32.2 Å². The van der Waals surface area contributed by atoms with Gasteiger partial charge in [0.1, 0.15) is 6.33 Å². The van der Waals surface area contributed by atoms with Gasteiger partial charge in [-0.25, -0.2) is 0 Å². The SMILES string of the molecule is CCCNc1cnccc1C(=O)NCc1nncn1C. The third-order valence-corrected chi connectivity index (χ3v) is 2.84. The van der Waals surface area contributed by atoms with Crippen molar-refractivity contribution in [1.82, 2.24) is 25.1 Å². The number of pyridine rings is 1. The molecule has 106 valence electrons. The number of aryl methyl sites for hydroxylation is 1. The van der Waals surface area contributed by atoms with Gasteiger partial charge in [0.2, 0.25) is 0 Å². The second-order valence-corrected chi connectivity index (χ2v) is 4.39. The average Bonchev–Trinajstić information content (AvgIpc) is 2.88. The second-order valence-electron chi connectivity index (χ2n) is 4.39. The molecule has 0 atom stereocenters. The number of carbonyl (C=O) groups excluding carboxylic acids is 1. The highest BCUT2D eigenvalue weighted by Crippen LogP contribution is 2.13. The van der Waals surface area contributed by atoms with E-state index in [-0.39, 0.29) is 5.91 Å². The molecule has 20 heavy (non-hydrogen) atoms. The normalized spacial score (nSPS) is 10.3. The van der Waals surface area contributed by atoms with Crippen LogP contribution in [0.15, 0.2) is 24.8 Å². The molecule has 0 saturated heterocycles. The van der Waals surface area contributed by atoms with Crippen LogP contribution in [0.5, 0.6) is 0 Å². The quantitative estimate of drug-likeness (QED) is 0.819. The molecule has 0 aliphatic heterocycles. The van der Waals surface area contributed by atoms with Gasteiger partial charge in [0.15, 0.2) is 5.82 Å². The summed E-state index contributed by atoms with van der Waals surface area (Å²) >= 11 is 0. The van der Waals surface area contributed by atoms with Gasteiger partial charge in [-0.05, 0) is 12.5 Å². The molecule has 2 aromatic rings. The molecule has 0 bridgehead atoms. The van der Waals surface area contributed by atoms with Crippen LogP contribution < -0.4 is 10.6 Å². The predicted molar refractivity (Wildman–Crippen MR) is 75.2 cm³/mol. The van der Waals surface area contributed by atoms with Crippen LogP contribution in [0, 0.1) is 0 Å². The number of anilines is 1. The fraction of sp³-hybridized carbons (Fsp3) is 0.385. The molecule has 7 heteroatoms. The van der Waals surface area contributed by atoms with Crippen LogP contribution in [0.25, 0.3) is 0 Å². The summed E-state index contributed by atoms with van der Waals surface area (Å²) < 4.78 is 1.77. The van der Waals surface area contributed by atoms with E-state index in [1.165, 1.54) is 0 Å². The minimum Gasteiger partial charge on any atom is -0.383 e. The van der Waals surface area contributed by atoms with Crippen molar-refractivity contribution >= 4 is 11.6 Å². The lowest BCUT2D eigenvalue weighted by Crippen LogP contribution is -2.25. The maximum atomic E-state index is 12.2. The monoisotopic (exact) mass is 274 g/mol. The molecule has 0 fully saturated rings. The number of hydrogen-bond donors (Lipinski definition) is 2. The number of nitrogens with one attached hydrogen (secondary N) is 2.